The van der Waals surface area contributed by atoms with Gasteiger partial charge in [-0.05, 0) is 56.8 Å². The van der Waals surface area contributed by atoms with Crippen molar-refractivity contribution in [3.63, 3.8) is 0 Å². The van der Waals surface area contributed by atoms with E-state index in [9.17, 15) is 63.0 Å². The van der Waals surface area contributed by atoms with Crippen LogP contribution in [0.25, 0.3) is 0 Å². The molecule has 22 nitrogen and oxygen atoms in total. The Morgan fingerprint density at radius 1 is 0.591 bits per heavy atom. The quantitative estimate of drug-likeness (QED) is 0.0376. The molecule has 0 rings (SSSR count). The summed E-state index contributed by atoms with van der Waals surface area (Å²) in [7, 11) is 0. The van der Waals surface area contributed by atoms with Gasteiger partial charge in [0, 0.05) is 25.6 Å². The van der Waals surface area contributed by atoms with Gasteiger partial charge in [-0.2, -0.15) is 0 Å². The summed E-state index contributed by atoms with van der Waals surface area (Å²) in [5.74, 6) is -9.37. The molecule has 9 amide bonds. The molecule has 0 spiro atoms. The molecule has 0 saturated carbocycles. The lowest BCUT2D eigenvalue weighted by Gasteiger charge is -2.29. The fourth-order valence-corrected chi connectivity index (χ4v) is 7.13. The standard InChI is InChI=1S/C43H75N9O13S/c1-12-24(8)36(43(65)66-16-15-45-27(11)54)52-37(59)26(10)46-39(61)31(20-34(57)58)50-42(64)35(23(6)7)51-41(63)30(18-22(4)5)49-40(62)29(17-21(2)3)48-38(60)28(13-14-32(44)55)47-33(56)19-25(9)53/h21-26,28-31,35-36,53H,12-20H2,1-11H3,(H2,44,55)(H,45,54)(H,46,61)(H,47,56)(H,48,60)(H,49,62)(H,50,64)(H,51,63)(H,52,59)(H,57,58)/t24-,25+,26+,28-,29-,30+,31-,35-,36-/m0/s1. The molecule has 0 aliphatic heterocycles. The Balaban J connectivity index is 6.25. The van der Waals surface area contributed by atoms with Gasteiger partial charge in [0.1, 0.15) is 42.3 Å². The van der Waals surface area contributed by atoms with Crippen LogP contribution in [0.5, 0.6) is 0 Å². The number of carboxylic acids is 1. The molecule has 0 aromatic heterocycles. The van der Waals surface area contributed by atoms with E-state index in [1.807, 2.05) is 6.92 Å². The molecule has 12 N–H and O–H groups in total. The third-order valence-corrected chi connectivity index (χ3v) is 10.9. The number of hydrogen-bond donors (Lipinski definition) is 11. The van der Waals surface area contributed by atoms with Crippen LogP contribution >= 0.6 is 11.8 Å². The van der Waals surface area contributed by atoms with Gasteiger partial charge in [-0.1, -0.05) is 73.6 Å². The third-order valence-electron chi connectivity index (χ3n) is 9.99. The van der Waals surface area contributed by atoms with E-state index in [0.717, 1.165) is 11.8 Å². The van der Waals surface area contributed by atoms with Gasteiger partial charge in [0.2, 0.25) is 58.3 Å². The molecule has 0 aliphatic carbocycles. The third kappa shape index (κ3) is 24.8. The van der Waals surface area contributed by atoms with Crippen LogP contribution in [0.3, 0.4) is 0 Å². The van der Waals surface area contributed by atoms with Crippen molar-refractivity contribution in [2.24, 2.45) is 29.4 Å². The summed E-state index contributed by atoms with van der Waals surface area (Å²) >= 11 is 0.920. The molecule has 0 saturated heterocycles. The van der Waals surface area contributed by atoms with Crippen molar-refractivity contribution in [2.75, 3.05) is 12.3 Å². The number of nitrogens with two attached hydrogens (primary N) is 1. The summed E-state index contributed by atoms with van der Waals surface area (Å²) in [6, 6.07) is -9.16. The van der Waals surface area contributed by atoms with Crippen LogP contribution in [-0.4, -0.2) is 135 Å². The largest absolute Gasteiger partial charge is 0.481 e. The molecule has 0 heterocycles. The fraction of sp³-hybridized carbons (Fsp3) is 0.744. The van der Waals surface area contributed by atoms with Crippen LogP contribution in [0.4, 0.5) is 0 Å². The number of primary amides is 1. The number of carbonyl (C=O) groups excluding carboxylic acids is 10. The van der Waals surface area contributed by atoms with Gasteiger partial charge < -0.3 is 58.5 Å². The number of aliphatic hydroxyl groups is 1. The SMILES string of the molecule is CC[C@H](C)[C@H](NC(=O)[C@@H](C)NC(=O)[C@H](CC(=O)O)NC(=O)[C@@H](NC(=O)[C@@H](CC(C)C)NC(=O)[C@H](CC(C)C)NC(=O)[C@H](CCC(N)=O)NC(=O)C[C@@H](C)O)C(C)C)C(=O)SCCNC(C)=O. The highest BCUT2D eigenvalue weighted by Crippen LogP contribution is 2.16. The Bertz CT molecular complexity index is 1690. The molecule has 376 valence electrons. The lowest BCUT2D eigenvalue weighted by Crippen LogP contribution is -2.61. The summed E-state index contributed by atoms with van der Waals surface area (Å²) in [6.07, 6.45) is -2.09. The number of thioether (sulfide) groups is 1. The van der Waals surface area contributed by atoms with Crippen molar-refractivity contribution in [2.45, 2.75) is 170 Å². The van der Waals surface area contributed by atoms with E-state index in [4.69, 9.17) is 5.73 Å². The predicted octanol–water partition coefficient (Wildman–Crippen LogP) is -0.899. The number of aliphatic hydroxyl groups excluding tert-OH is 1. The van der Waals surface area contributed by atoms with E-state index in [1.165, 1.54) is 20.8 Å². The van der Waals surface area contributed by atoms with Crippen molar-refractivity contribution < 1.29 is 63.0 Å². The topological polar surface area (TPSA) is 350 Å². The molecular weight excluding hydrogens is 883 g/mol. The summed E-state index contributed by atoms with van der Waals surface area (Å²) in [5, 5.41) is 39.2. The molecule has 0 aromatic rings. The van der Waals surface area contributed by atoms with Crippen molar-refractivity contribution in [1.82, 2.24) is 42.5 Å². The summed E-state index contributed by atoms with van der Waals surface area (Å²) in [6.45, 7) is 18.1. The molecule has 0 aromatic carbocycles. The number of carbonyl (C=O) groups is 11. The van der Waals surface area contributed by atoms with E-state index in [1.54, 1.807) is 48.5 Å². The molecular formula is C43H75N9O13S. The highest BCUT2D eigenvalue weighted by atomic mass is 32.2. The van der Waals surface area contributed by atoms with Crippen LogP contribution in [0.2, 0.25) is 0 Å². The number of carboxylic acid groups (broad SMARTS) is 1. The van der Waals surface area contributed by atoms with Crippen LogP contribution in [0, 0.1) is 23.7 Å². The maximum Gasteiger partial charge on any atom is 0.305 e. The number of rotatable bonds is 31. The van der Waals surface area contributed by atoms with Crippen molar-refractivity contribution in [1.29, 1.82) is 0 Å². The lowest BCUT2D eigenvalue weighted by atomic mass is 9.98. The Hall–Kier alpha value is -5.32. The minimum Gasteiger partial charge on any atom is -0.481 e. The smallest absolute Gasteiger partial charge is 0.305 e. The molecule has 23 heteroatoms. The van der Waals surface area contributed by atoms with Gasteiger partial charge in [0.15, 0.2) is 0 Å². The fourth-order valence-electron chi connectivity index (χ4n) is 6.26. The highest BCUT2D eigenvalue weighted by molar-refractivity contribution is 8.13. The monoisotopic (exact) mass is 958 g/mol. The molecule has 66 heavy (non-hydrogen) atoms. The second-order valence-corrected chi connectivity index (χ2v) is 18.8. The zero-order valence-corrected chi connectivity index (χ0v) is 41.0. The van der Waals surface area contributed by atoms with Crippen molar-refractivity contribution in [3.8, 4) is 0 Å². The number of nitrogens with one attached hydrogen (secondary N) is 8. The molecule has 0 radical (unpaired) electrons. The minimum atomic E-state index is -1.73. The maximum atomic E-state index is 13.9. The number of amides is 9. The lowest BCUT2D eigenvalue weighted by molar-refractivity contribution is -0.141. The van der Waals surface area contributed by atoms with E-state index >= 15 is 0 Å². The molecule has 0 unspecified atom stereocenters. The summed E-state index contributed by atoms with van der Waals surface area (Å²) < 4.78 is 0. The van der Waals surface area contributed by atoms with E-state index in [2.05, 4.69) is 42.5 Å². The average Bonchev–Trinajstić information content (AvgIpc) is 3.19. The number of hydrogen-bond acceptors (Lipinski definition) is 13. The first kappa shape index (κ1) is 60.7. The number of aliphatic carboxylic acids is 1. The van der Waals surface area contributed by atoms with E-state index in [-0.39, 0.29) is 73.2 Å². The molecule has 0 aliphatic rings. The van der Waals surface area contributed by atoms with Gasteiger partial charge in [-0.3, -0.25) is 52.7 Å². The summed E-state index contributed by atoms with van der Waals surface area (Å²) in [4.78, 5) is 142. The maximum absolute atomic E-state index is 13.9. The average molecular weight is 958 g/mol. The second kappa shape index (κ2) is 30.8. The van der Waals surface area contributed by atoms with E-state index in [0.29, 0.717) is 6.42 Å². The second-order valence-electron chi connectivity index (χ2n) is 17.7. The summed E-state index contributed by atoms with van der Waals surface area (Å²) in [5.41, 5.74) is 5.27. The molecule has 9 atom stereocenters. The minimum absolute atomic E-state index is 0.0617. The van der Waals surface area contributed by atoms with E-state index < -0.39 is 114 Å². The Labute approximate surface area is 391 Å². The van der Waals surface area contributed by atoms with Crippen LogP contribution in [0.15, 0.2) is 0 Å². The van der Waals surface area contributed by atoms with Crippen molar-refractivity contribution in [3.05, 3.63) is 0 Å². The Morgan fingerprint density at radius 2 is 1.08 bits per heavy atom. The molecule has 0 fully saturated rings. The highest BCUT2D eigenvalue weighted by Gasteiger charge is 2.36. The zero-order valence-electron chi connectivity index (χ0n) is 40.2. The van der Waals surface area contributed by atoms with Crippen molar-refractivity contribution >= 4 is 76.0 Å². The van der Waals surface area contributed by atoms with Gasteiger partial charge >= 0.3 is 5.97 Å². The Morgan fingerprint density at radius 3 is 1.53 bits per heavy atom. The van der Waals surface area contributed by atoms with Gasteiger partial charge in [-0.25, -0.2) is 0 Å². The van der Waals surface area contributed by atoms with Crippen LogP contribution < -0.4 is 48.3 Å². The first-order chi connectivity index (χ1) is 30.6. The zero-order chi connectivity index (χ0) is 51.0. The normalized spacial score (nSPS) is 15.3. The van der Waals surface area contributed by atoms with Gasteiger partial charge in [-0.15, -0.1) is 0 Å². The van der Waals surface area contributed by atoms with Crippen LogP contribution in [-0.2, 0) is 52.7 Å². The van der Waals surface area contributed by atoms with Gasteiger partial charge in [0.25, 0.3) is 0 Å². The van der Waals surface area contributed by atoms with Crippen LogP contribution in [0.1, 0.15) is 121 Å². The van der Waals surface area contributed by atoms with Gasteiger partial charge in [0.05, 0.1) is 18.9 Å². The first-order valence-electron chi connectivity index (χ1n) is 22.3. The molecule has 0 bridgehead atoms. The predicted molar refractivity (Wildman–Crippen MR) is 246 cm³/mol. The first-order valence-corrected chi connectivity index (χ1v) is 23.3. The Kier molecular flexibility index (Phi) is 28.3.